The summed E-state index contributed by atoms with van der Waals surface area (Å²) in [5, 5.41) is 0.618. The van der Waals surface area contributed by atoms with Gasteiger partial charge in [-0.25, -0.2) is 4.98 Å². The molecule has 2 heteroatoms. The maximum atomic E-state index is 5.89. The predicted molar refractivity (Wildman–Crippen MR) is 57.6 cm³/mol. The van der Waals surface area contributed by atoms with Crippen LogP contribution in [0.2, 0.25) is 5.15 Å². The van der Waals surface area contributed by atoms with Crippen LogP contribution in [0.15, 0.2) is 24.3 Å². The minimum absolute atomic E-state index is 0.297. The van der Waals surface area contributed by atoms with Crippen molar-refractivity contribution in [3.63, 3.8) is 0 Å². The van der Waals surface area contributed by atoms with Crippen LogP contribution < -0.4 is 0 Å². The van der Waals surface area contributed by atoms with E-state index in [0.29, 0.717) is 10.6 Å². The molecule has 0 radical (unpaired) electrons. The number of rotatable bonds is 0. The summed E-state index contributed by atoms with van der Waals surface area (Å²) in [6, 6.07) is 4.04. The zero-order valence-electron chi connectivity index (χ0n) is 8.02. The van der Waals surface area contributed by atoms with E-state index in [0.717, 1.165) is 12.8 Å². The van der Waals surface area contributed by atoms with Gasteiger partial charge in [0.15, 0.2) is 0 Å². The first-order valence-electron chi connectivity index (χ1n) is 5.06. The van der Waals surface area contributed by atoms with Crippen LogP contribution in [0.1, 0.15) is 30.5 Å². The van der Waals surface area contributed by atoms with Crippen LogP contribution in [-0.2, 0) is 11.8 Å². The Kier molecular flexibility index (Phi) is 1.58. The number of aryl methyl sites for hydroxylation is 1. The van der Waals surface area contributed by atoms with Crippen molar-refractivity contribution in [3.8, 4) is 0 Å². The van der Waals surface area contributed by atoms with Crippen LogP contribution in [0.3, 0.4) is 0 Å². The first kappa shape index (κ1) is 8.49. The molecule has 2 aliphatic carbocycles. The second-order valence-electron chi connectivity index (χ2n) is 4.34. The summed E-state index contributed by atoms with van der Waals surface area (Å²) in [5.41, 5.74) is 4.26. The monoisotopic (exact) mass is 205 g/mol. The smallest absolute Gasteiger partial charge is 0.129 e. The third-order valence-corrected chi connectivity index (χ3v) is 3.75. The Morgan fingerprint density at radius 2 is 2.21 bits per heavy atom. The van der Waals surface area contributed by atoms with E-state index in [1.807, 2.05) is 6.07 Å². The van der Waals surface area contributed by atoms with Gasteiger partial charge >= 0.3 is 0 Å². The predicted octanol–water partition coefficient (Wildman–Crippen LogP) is 3.27. The molecule has 3 rings (SSSR count). The fourth-order valence-corrected chi connectivity index (χ4v) is 2.83. The van der Waals surface area contributed by atoms with Gasteiger partial charge in [0.1, 0.15) is 5.15 Å². The molecule has 2 aliphatic rings. The van der Waals surface area contributed by atoms with Crippen LogP contribution in [0.5, 0.6) is 0 Å². The molecule has 1 unspecified atom stereocenters. The second kappa shape index (κ2) is 2.60. The quantitative estimate of drug-likeness (QED) is 0.468. The van der Waals surface area contributed by atoms with Crippen LogP contribution in [0.4, 0.5) is 0 Å². The van der Waals surface area contributed by atoms with Gasteiger partial charge in [-0.2, -0.15) is 0 Å². The van der Waals surface area contributed by atoms with Gasteiger partial charge in [-0.3, -0.25) is 0 Å². The number of halogens is 1. The minimum atomic E-state index is 0.297. The molecule has 0 N–H and O–H groups in total. The molecule has 1 aromatic heterocycles. The maximum absolute atomic E-state index is 5.89. The van der Waals surface area contributed by atoms with Crippen molar-refractivity contribution in [1.82, 2.24) is 4.98 Å². The molecule has 1 saturated carbocycles. The molecule has 14 heavy (non-hydrogen) atoms. The molecule has 1 heterocycles. The van der Waals surface area contributed by atoms with Gasteiger partial charge in [0.25, 0.3) is 0 Å². The molecule has 0 amide bonds. The molecule has 0 saturated heterocycles. The lowest BCUT2D eigenvalue weighted by atomic mass is 9.82. The summed E-state index contributed by atoms with van der Waals surface area (Å²) in [6.07, 6.45) is 4.70. The Hall–Kier alpha value is -0.820. The van der Waals surface area contributed by atoms with Crippen molar-refractivity contribution in [2.24, 2.45) is 0 Å². The van der Waals surface area contributed by atoms with Crippen molar-refractivity contribution in [1.29, 1.82) is 0 Å². The zero-order valence-corrected chi connectivity index (χ0v) is 8.77. The molecular weight excluding hydrogens is 194 g/mol. The van der Waals surface area contributed by atoms with E-state index in [9.17, 15) is 0 Å². The third-order valence-electron chi connectivity index (χ3n) is 3.54. The van der Waals surface area contributed by atoms with Crippen molar-refractivity contribution in [2.45, 2.75) is 31.1 Å². The van der Waals surface area contributed by atoms with Gasteiger partial charge < -0.3 is 0 Å². The Morgan fingerprint density at radius 3 is 2.93 bits per heavy atom. The first-order chi connectivity index (χ1) is 6.72. The number of pyridine rings is 1. The molecule has 1 nitrogen and oxygen atoms in total. The highest BCUT2D eigenvalue weighted by molar-refractivity contribution is 6.29. The van der Waals surface area contributed by atoms with Crippen LogP contribution in [0, 0.1) is 0 Å². The van der Waals surface area contributed by atoms with E-state index >= 15 is 0 Å². The second-order valence-corrected chi connectivity index (χ2v) is 4.73. The Bertz CT molecular complexity index is 424. The molecular formula is C12H12ClN. The van der Waals surface area contributed by atoms with Gasteiger partial charge in [-0.15, -0.1) is 0 Å². The van der Waals surface area contributed by atoms with Crippen LogP contribution >= 0.6 is 11.6 Å². The highest BCUT2D eigenvalue weighted by Gasteiger charge is 2.50. The zero-order chi connectivity index (χ0) is 9.76. The molecule has 1 spiro atoms. The highest BCUT2D eigenvalue weighted by Crippen LogP contribution is 2.58. The molecule has 72 valence electrons. The van der Waals surface area contributed by atoms with E-state index in [4.69, 9.17) is 11.6 Å². The fourth-order valence-electron chi connectivity index (χ4n) is 2.66. The maximum Gasteiger partial charge on any atom is 0.129 e. The summed E-state index contributed by atoms with van der Waals surface area (Å²) in [4.78, 5) is 4.41. The van der Waals surface area contributed by atoms with E-state index in [1.54, 1.807) is 0 Å². The summed E-state index contributed by atoms with van der Waals surface area (Å²) >= 11 is 5.89. The lowest BCUT2D eigenvalue weighted by Crippen LogP contribution is -2.17. The van der Waals surface area contributed by atoms with E-state index in [1.165, 1.54) is 29.7 Å². The molecule has 1 fully saturated rings. The molecule has 0 bridgehead atoms. The lowest BCUT2D eigenvalue weighted by Gasteiger charge is -2.23. The molecule has 0 aromatic carbocycles. The third kappa shape index (κ3) is 0.992. The summed E-state index contributed by atoms with van der Waals surface area (Å²) in [6.45, 7) is 4.10. The van der Waals surface area contributed by atoms with Crippen LogP contribution in [0.25, 0.3) is 0 Å². The van der Waals surface area contributed by atoms with Gasteiger partial charge in [-0.1, -0.05) is 29.8 Å². The van der Waals surface area contributed by atoms with E-state index < -0.39 is 0 Å². The Balaban J connectivity index is 2.16. The van der Waals surface area contributed by atoms with Crippen molar-refractivity contribution in [3.05, 3.63) is 40.7 Å². The normalized spacial score (nSPS) is 29.1. The summed E-state index contributed by atoms with van der Waals surface area (Å²) in [5.74, 6) is 0. The average molecular weight is 206 g/mol. The fraction of sp³-hybridized carbons (Fsp3) is 0.417. The number of nitrogens with zero attached hydrogens (tertiary/aromatic N) is 1. The highest BCUT2D eigenvalue weighted by atomic mass is 35.5. The van der Waals surface area contributed by atoms with Crippen molar-refractivity contribution >= 4 is 11.6 Å². The Labute approximate surface area is 88.8 Å². The number of allylic oxidation sites excluding steroid dienone is 1. The molecule has 1 aromatic rings. The van der Waals surface area contributed by atoms with Crippen molar-refractivity contribution < 1.29 is 0 Å². The Morgan fingerprint density at radius 1 is 1.43 bits per heavy atom. The molecule has 1 atom stereocenters. The largest absolute Gasteiger partial charge is 0.241 e. The lowest BCUT2D eigenvalue weighted by molar-refractivity contribution is 0.550. The SMILES string of the molecule is C=C1CC12CCCc1nc(Cl)ccc12. The first-order valence-corrected chi connectivity index (χ1v) is 5.44. The number of hydrogen-bond acceptors (Lipinski definition) is 1. The van der Waals surface area contributed by atoms with E-state index in [2.05, 4.69) is 17.6 Å². The minimum Gasteiger partial charge on any atom is -0.241 e. The summed E-state index contributed by atoms with van der Waals surface area (Å²) in [7, 11) is 0. The van der Waals surface area contributed by atoms with Gasteiger partial charge in [0, 0.05) is 11.1 Å². The number of fused-ring (bicyclic) bond motifs is 2. The van der Waals surface area contributed by atoms with E-state index in [-0.39, 0.29) is 0 Å². The topological polar surface area (TPSA) is 12.9 Å². The number of hydrogen-bond donors (Lipinski definition) is 0. The van der Waals surface area contributed by atoms with Gasteiger partial charge in [-0.05, 0) is 37.3 Å². The number of aromatic nitrogens is 1. The van der Waals surface area contributed by atoms with Gasteiger partial charge in [0.2, 0.25) is 0 Å². The van der Waals surface area contributed by atoms with Crippen LogP contribution in [-0.4, -0.2) is 4.98 Å². The average Bonchev–Trinajstić information content (AvgIpc) is 2.77. The van der Waals surface area contributed by atoms with Crippen molar-refractivity contribution in [2.75, 3.05) is 0 Å². The standard InChI is InChI=1S/C12H12ClN/c1-8-7-12(8)6-2-3-10-9(12)4-5-11(13)14-10/h4-5H,1-3,6-7H2. The molecule has 0 aliphatic heterocycles. The summed E-state index contributed by atoms with van der Waals surface area (Å²) < 4.78 is 0. The van der Waals surface area contributed by atoms with Gasteiger partial charge in [0.05, 0.1) is 0 Å².